The highest BCUT2D eigenvalue weighted by Crippen LogP contribution is 2.29. The second-order valence-corrected chi connectivity index (χ2v) is 5.86. The van der Waals surface area contributed by atoms with Gasteiger partial charge in [0.15, 0.2) is 0 Å². The number of fused-ring (bicyclic) bond motifs is 1. The number of ether oxygens (including phenoxy) is 1. The van der Waals surface area contributed by atoms with E-state index in [9.17, 15) is 27.7 Å². The summed E-state index contributed by atoms with van der Waals surface area (Å²) < 4.78 is 42.9. The van der Waals surface area contributed by atoms with Gasteiger partial charge in [0.1, 0.15) is 5.82 Å². The number of carbonyl (C=O) groups is 1. The third-order valence-electron chi connectivity index (χ3n) is 2.60. The lowest BCUT2D eigenvalue weighted by Crippen LogP contribution is -2.23. The molecule has 0 radical (unpaired) electrons. The smallest absolute Gasteiger partial charge is 0.353 e. The van der Waals surface area contributed by atoms with Crippen molar-refractivity contribution in [3.63, 3.8) is 0 Å². The quantitative estimate of drug-likeness (QED) is 0.383. The average Bonchev–Trinajstić information content (AvgIpc) is 2.60. The van der Waals surface area contributed by atoms with E-state index in [2.05, 4.69) is 9.46 Å². The maximum absolute atomic E-state index is 13.7. The van der Waals surface area contributed by atoms with E-state index in [-0.39, 0.29) is 11.3 Å². The van der Waals surface area contributed by atoms with E-state index in [4.69, 9.17) is 0 Å². The third-order valence-corrected chi connectivity index (χ3v) is 3.82. The molecule has 0 spiro atoms. The monoisotopic (exact) mass is 304 g/mol. The molecule has 1 aromatic rings. The van der Waals surface area contributed by atoms with Gasteiger partial charge in [0.25, 0.3) is 0 Å². The van der Waals surface area contributed by atoms with Crippen LogP contribution in [-0.4, -0.2) is 25.5 Å². The second kappa shape index (κ2) is 4.71. The first kappa shape index (κ1) is 14.2. The second-order valence-electron chi connectivity index (χ2n) is 4.14. The average molecular weight is 304 g/mol. The number of nitro groups is 1. The van der Waals surface area contributed by atoms with Crippen LogP contribution < -0.4 is 4.72 Å². The number of nitrogens with zero attached hydrogens (tertiary/aromatic N) is 1. The molecular weight excluding hydrogens is 295 g/mol. The normalized spacial score (nSPS) is 16.9. The fraction of sp³-hybridized carbons (Fsp3) is 0.300. The summed E-state index contributed by atoms with van der Waals surface area (Å²) in [6, 6.07) is 1.85. The van der Waals surface area contributed by atoms with Gasteiger partial charge in [-0.25, -0.2) is 17.6 Å². The lowest BCUT2D eigenvalue weighted by Gasteiger charge is -2.08. The molecule has 0 amide bonds. The fourth-order valence-electron chi connectivity index (χ4n) is 1.66. The summed E-state index contributed by atoms with van der Waals surface area (Å²) in [6.45, 7) is 1.02. The molecule has 8 nitrogen and oxygen atoms in total. The molecule has 108 valence electrons. The fourth-order valence-corrected chi connectivity index (χ4v) is 2.90. The summed E-state index contributed by atoms with van der Waals surface area (Å²) in [6.07, 6.45) is -1.63. The molecule has 20 heavy (non-hydrogen) atoms. The number of anilines is 1. The molecule has 1 heterocycles. The molecule has 1 aromatic carbocycles. The van der Waals surface area contributed by atoms with Crippen LogP contribution in [0.5, 0.6) is 0 Å². The number of hydrogen-bond acceptors (Lipinski definition) is 6. The largest absolute Gasteiger partial charge is 0.394 e. The number of sulfonamides is 1. The number of esters is 1. The zero-order valence-electron chi connectivity index (χ0n) is 10.1. The number of nitrogens with one attached hydrogen (secondary N) is 1. The summed E-state index contributed by atoms with van der Waals surface area (Å²) in [5.74, 6) is -2.64. The van der Waals surface area contributed by atoms with E-state index in [1.165, 1.54) is 0 Å². The standard InChI is InChI=1S/C10H9FN2O6S/c1-5(13(15)16)19-10(14)7-2-6-4-20(17,18)12-9(6)3-8(7)11/h2-3,5,12H,4H2,1H3. The van der Waals surface area contributed by atoms with Gasteiger partial charge in [-0.2, -0.15) is 0 Å². The predicted octanol–water partition coefficient (Wildman–Crippen LogP) is 0.861. The Bertz CT molecular complexity index is 702. The Balaban J connectivity index is 2.31. The van der Waals surface area contributed by atoms with Crippen LogP contribution in [0.1, 0.15) is 22.8 Å². The Morgan fingerprint density at radius 1 is 1.55 bits per heavy atom. The molecule has 1 aliphatic rings. The number of benzene rings is 1. The summed E-state index contributed by atoms with van der Waals surface area (Å²) in [4.78, 5) is 21.1. The van der Waals surface area contributed by atoms with Crippen molar-refractivity contribution in [2.24, 2.45) is 0 Å². The van der Waals surface area contributed by atoms with Crippen molar-refractivity contribution in [3.8, 4) is 0 Å². The van der Waals surface area contributed by atoms with Crippen molar-refractivity contribution in [1.82, 2.24) is 0 Å². The van der Waals surface area contributed by atoms with Gasteiger partial charge in [-0.15, -0.1) is 0 Å². The topological polar surface area (TPSA) is 116 Å². The molecule has 0 saturated heterocycles. The molecule has 1 N–H and O–H groups in total. The van der Waals surface area contributed by atoms with Gasteiger partial charge >= 0.3 is 12.2 Å². The van der Waals surface area contributed by atoms with Crippen molar-refractivity contribution >= 4 is 21.7 Å². The number of hydrogen-bond donors (Lipinski definition) is 1. The molecule has 1 atom stereocenters. The molecule has 0 fully saturated rings. The number of carbonyl (C=O) groups excluding carboxylic acids is 1. The minimum absolute atomic E-state index is 0.0429. The molecule has 1 unspecified atom stereocenters. The summed E-state index contributed by atoms with van der Waals surface area (Å²) in [5, 5.41) is 10.4. The van der Waals surface area contributed by atoms with E-state index < -0.39 is 44.3 Å². The first-order valence-corrected chi connectivity index (χ1v) is 7.02. The van der Waals surface area contributed by atoms with Crippen LogP contribution in [0, 0.1) is 15.9 Å². The SMILES string of the molecule is CC(OC(=O)c1cc2c(cc1F)NS(=O)(=O)C2)[N+](=O)[O-]. The minimum Gasteiger partial charge on any atom is -0.394 e. The van der Waals surface area contributed by atoms with Crippen LogP contribution in [0.3, 0.4) is 0 Å². The Morgan fingerprint density at radius 2 is 2.20 bits per heavy atom. The van der Waals surface area contributed by atoms with Gasteiger partial charge in [0.05, 0.1) is 21.9 Å². The summed E-state index contributed by atoms with van der Waals surface area (Å²) in [5.41, 5.74) is -0.301. The van der Waals surface area contributed by atoms with Gasteiger partial charge in [-0.3, -0.25) is 14.8 Å². The van der Waals surface area contributed by atoms with E-state index in [1.54, 1.807) is 0 Å². The van der Waals surface area contributed by atoms with Gasteiger partial charge in [-0.05, 0) is 17.7 Å². The Kier molecular flexibility index (Phi) is 3.34. The van der Waals surface area contributed by atoms with Gasteiger partial charge in [0.2, 0.25) is 10.0 Å². The Morgan fingerprint density at radius 3 is 2.80 bits per heavy atom. The molecule has 0 bridgehead atoms. The first-order valence-electron chi connectivity index (χ1n) is 5.37. The molecule has 0 saturated carbocycles. The third kappa shape index (κ3) is 2.69. The minimum atomic E-state index is -3.58. The molecule has 1 aliphatic heterocycles. The summed E-state index contributed by atoms with van der Waals surface area (Å²) >= 11 is 0. The zero-order chi connectivity index (χ0) is 15.1. The van der Waals surface area contributed by atoms with Gasteiger partial charge < -0.3 is 4.74 Å². The highest BCUT2D eigenvalue weighted by Gasteiger charge is 2.28. The molecule has 2 rings (SSSR count). The van der Waals surface area contributed by atoms with Crippen molar-refractivity contribution in [2.75, 3.05) is 4.72 Å². The van der Waals surface area contributed by atoms with Crippen molar-refractivity contribution < 1.29 is 27.3 Å². The molecule has 10 heteroatoms. The maximum Gasteiger partial charge on any atom is 0.353 e. The Hall–Kier alpha value is -2.23. The lowest BCUT2D eigenvalue weighted by molar-refractivity contribution is -0.561. The summed E-state index contributed by atoms with van der Waals surface area (Å²) in [7, 11) is -3.58. The van der Waals surface area contributed by atoms with E-state index in [1.807, 2.05) is 0 Å². The number of rotatable bonds is 3. The van der Waals surface area contributed by atoms with Crippen molar-refractivity contribution in [1.29, 1.82) is 0 Å². The molecular formula is C10H9FN2O6S. The zero-order valence-corrected chi connectivity index (χ0v) is 10.9. The molecule has 0 aliphatic carbocycles. The van der Waals surface area contributed by atoms with Crippen molar-refractivity contribution in [2.45, 2.75) is 18.9 Å². The van der Waals surface area contributed by atoms with Gasteiger partial charge in [0, 0.05) is 6.92 Å². The first-order chi connectivity index (χ1) is 9.19. The highest BCUT2D eigenvalue weighted by atomic mass is 32.2. The van der Waals surface area contributed by atoms with Crippen LogP contribution in [0.2, 0.25) is 0 Å². The molecule has 0 aromatic heterocycles. The lowest BCUT2D eigenvalue weighted by atomic mass is 10.1. The highest BCUT2D eigenvalue weighted by molar-refractivity contribution is 7.92. The van der Waals surface area contributed by atoms with Crippen LogP contribution in [0.25, 0.3) is 0 Å². The van der Waals surface area contributed by atoms with Crippen LogP contribution >= 0.6 is 0 Å². The van der Waals surface area contributed by atoms with Crippen LogP contribution in [0.15, 0.2) is 12.1 Å². The predicted molar refractivity (Wildman–Crippen MR) is 64.5 cm³/mol. The maximum atomic E-state index is 13.7. The van der Waals surface area contributed by atoms with Crippen LogP contribution in [-0.2, 0) is 20.5 Å². The Labute approximate surface area is 112 Å². The van der Waals surface area contributed by atoms with Crippen LogP contribution in [0.4, 0.5) is 10.1 Å². The van der Waals surface area contributed by atoms with Crippen molar-refractivity contribution in [3.05, 3.63) is 39.2 Å². The number of halogens is 1. The van der Waals surface area contributed by atoms with E-state index in [0.717, 1.165) is 19.1 Å². The van der Waals surface area contributed by atoms with E-state index >= 15 is 0 Å². The van der Waals surface area contributed by atoms with E-state index in [0.29, 0.717) is 0 Å². The van der Waals surface area contributed by atoms with Gasteiger partial charge in [-0.1, -0.05) is 0 Å².